The Hall–Kier alpha value is -2.71. The first-order chi connectivity index (χ1) is 13.8. The fourth-order valence-electron chi connectivity index (χ4n) is 3.36. The summed E-state index contributed by atoms with van der Waals surface area (Å²) in [5.74, 6) is -0.261. The molecule has 0 saturated carbocycles. The summed E-state index contributed by atoms with van der Waals surface area (Å²) in [5.41, 5.74) is 1.50. The first kappa shape index (κ1) is 21.0. The number of rotatable bonds is 6. The summed E-state index contributed by atoms with van der Waals surface area (Å²) in [7, 11) is -3.60. The van der Waals surface area contributed by atoms with Crippen LogP contribution in [0.1, 0.15) is 25.3 Å². The Morgan fingerprint density at radius 1 is 1.00 bits per heavy atom. The zero-order valence-corrected chi connectivity index (χ0v) is 17.1. The number of hydrogen-bond acceptors (Lipinski definition) is 4. The van der Waals surface area contributed by atoms with Gasteiger partial charge in [-0.2, -0.15) is 4.31 Å². The van der Waals surface area contributed by atoms with Gasteiger partial charge in [0.2, 0.25) is 21.8 Å². The molecule has 154 valence electrons. The van der Waals surface area contributed by atoms with Crippen molar-refractivity contribution >= 4 is 27.5 Å². The van der Waals surface area contributed by atoms with Gasteiger partial charge in [0.15, 0.2) is 0 Å². The molecule has 0 spiro atoms. The van der Waals surface area contributed by atoms with Crippen molar-refractivity contribution in [2.75, 3.05) is 18.4 Å². The van der Waals surface area contributed by atoms with Gasteiger partial charge in [-0.3, -0.25) is 9.59 Å². The second-order valence-corrected chi connectivity index (χ2v) is 9.05. The van der Waals surface area contributed by atoms with Crippen LogP contribution in [0.3, 0.4) is 0 Å². The lowest BCUT2D eigenvalue weighted by molar-refractivity contribution is -0.121. The highest BCUT2D eigenvalue weighted by Gasteiger charge is 2.29. The Labute approximate surface area is 171 Å². The van der Waals surface area contributed by atoms with Crippen molar-refractivity contribution < 1.29 is 18.0 Å². The molecule has 2 N–H and O–H groups in total. The molecule has 1 saturated heterocycles. The van der Waals surface area contributed by atoms with Crippen LogP contribution in [0.2, 0.25) is 0 Å². The normalized spacial score (nSPS) is 15.6. The highest BCUT2D eigenvalue weighted by molar-refractivity contribution is 7.89. The predicted molar refractivity (Wildman–Crippen MR) is 111 cm³/mol. The number of benzene rings is 2. The van der Waals surface area contributed by atoms with Gasteiger partial charge >= 0.3 is 0 Å². The molecule has 1 aliphatic heterocycles. The number of sulfonamides is 1. The molecule has 2 aromatic carbocycles. The minimum Gasteiger partial charge on any atom is -0.353 e. The van der Waals surface area contributed by atoms with Crippen LogP contribution in [0, 0.1) is 0 Å². The lowest BCUT2D eigenvalue weighted by atomic mass is 10.1. The number of amides is 2. The molecule has 1 heterocycles. The average Bonchev–Trinajstić information content (AvgIpc) is 2.69. The Balaban J connectivity index is 1.54. The largest absolute Gasteiger partial charge is 0.353 e. The lowest BCUT2D eigenvalue weighted by Gasteiger charge is -2.31. The van der Waals surface area contributed by atoms with Crippen LogP contribution in [-0.4, -0.2) is 43.7 Å². The molecule has 29 heavy (non-hydrogen) atoms. The molecule has 0 bridgehead atoms. The Morgan fingerprint density at radius 3 is 2.21 bits per heavy atom. The van der Waals surface area contributed by atoms with Crippen molar-refractivity contribution in [3.8, 4) is 0 Å². The molecule has 2 aromatic rings. The summed E-state index contributed by atoms with van der Waals surface area (Å²) in [6.07, 6.45) is 1.47. The topological polar surface area (TPSA) is 95.6 Å². The molecule has 1 aliphatic rings. The molecule has 0 aromatic heterocycles. The van der Waals surface area contributed by atoms with E-state index < -0.39 is 10.0 Å². The highest BCUT2D eigenvalue weighted by Crippen LogP contribution is 2.22. The van der Waals surface area contributed by atoms with Crippen molar-refractivity contribution in [2.24, 2.45) is 0 Å². The Bertz CT molecular complexity index is 951. The molecule has 0 radical (unpaired) electrons. The van der Waals surface area contributed by atoms with Crippen molar-refractivity contribution in [1.82, 2.24) is 9.62 Å². The summed E-state index contributed by atoms with van der Waals surface area (Å²) < 4.78 is 27.1. The number of piperidine rings is 1. The standard InChI is InChI=1S/C21H25N3O4S/c1-16(25)22-18-7-9-20(10-8-18)29(27,28)24-13-11-19(12-14-24)23-21(26)15-17-5-3-2-4-6-17/h2-10,19H,11-15H2,1H3,(H,22,25)(H,23,26). The van der Waals surface area contributed by atoms with Crippen LogP contribution in [0.4, 0.5) is 5.69 Å². The molecule has 0 aliphatic carbocycles. The van der Waals surface area contributed by atoms with Gasteiger partial charge in [0.05, 0.1) is 11.3 Å². The summed E-state index contributed by atoms with van der Waals surface area (Å²) >= 11 is 0. The number of anilines is 1. The monoisotopic (exact) mass is 415 g/mol. The predicted octanol–water partition coefficient (Wildman–Crippen LogP) is 2.16. The van der Waals surface area contributed by atoms with E-state index >= 15 is 0 Å². The van der Waals surface area contributed by atoms with Crippen LogP contribution in [-0.2, 0) is 26.0 Å². The maximum Gasteiger partial charge on any atom is 0.243 e. The molecule has 0 unspecified atom stereocenters. The van der Waals surface area contributed by atoms with E-state index in [1.807, 2.05) is 30.3 Å². The van der Waals surface area contributed by atoms with E-state index in [1.165, 1.54) is 23.4 Å². The van der Waals surface area contributed by atoms with Crippen LogP contribution >= 0.6 is 0 Å². The van der Waals surface area contributed by atoms with Gasteiger partial charge in [0.1, 0.15) is 0 Å². The van der Waals surface area contributed by atoms with E-state index in [1.54, 1.807) is 12.1 Å². The molecular formula is C21H25N3O4S. The number of nitrogens with one attached hydrogen (secondary N) is 2. The fourth-order valence-corrected chi connectivity index (χ4v) is 4.83. The minimum absolute atomic E-state index is 0.0280. The first-order valence-electron chi connectivity index (χ1n) is 9.56. The van der Waals surface area contributed by atoms with Gasteiger partial charge < -0.3 is 10.6 Å². The fraction of sp³-hybridized carbons (Fsp3) is 0.333. The number of carbonyl (C=O) groups is 2. The SMILES string of the molecule is CC(=O)Nc1ccc(S(=O)(=O)N2CCC(NC(=O)Cc3ccccc3)CC2)cc1. The summed E-state index contributed by atoms with van der Waals surface area (Å²) in [4.78, 5) is 23.5. The Morgan fingerprint density at radius 2 is 1.62 bits per heavy atom. The third-order valence-corrected chi connectivity index (χ3v) is 6.75. The van der Waals surface area contributed by atoms with Crippen molar-refractivity contribution in [1.29, 1.82) is 0 Å². The zero-order valence-electron chi connectivity index (χ0n) is 16.3. The summed E-state index contributed by atoms with van der Waals surface area (Å²) in [6, 6.07) is 15.6. The van der Waals surface area contributed by atoms with Crippen LogP contribution in [0.5, 0.6) is 0 Å². The summed E-state index contributed by atoms with van der Waals surface area (Å²) in [5, 5.41) is 5.62. The molecule has 3 rings (SSSR count). The Kier molecular flexibility index (Phi) is 6.66. The van der Waals surface area contributed by atoms with Crippen LogP contribution < -0.4 is 10.6 Å². The van der Waals surface area contributed by atoms with Gasteiger partial charge in [0, 0.05) is 31.7 Å². The van der Waals surface area contributed by atoms with Gasteiger partial charge in [-0.15, -0.1) is 0 Å². The van der Waals surface area contributed by atoms with E-state index in [2.05, 4.69) is 10.6 Å². The summed E-state index contributed by atoms with van der Waals surface area (Å²) in [6.45, 7) is 2.10. The van der Waals surface area contributed by atoms with Gasteiger partial charge in [-0.1, -0.05) is 30.3 Å². The minimum atomic E-state index is -3.60. The van der Waals surface area contributed by atoms with Crippen molar-refractivity contribution in [2.45, 2.75) is 37.1 Å². The van der Waals surface area contributed by atoms with Gasteiger partial charge in [-0.05, 0) is 42.7 Å². The smallest absolute Gasteiger partial charge is 0.243 e. The van der Waals surface area contributed by atoms with E-state index in [-0.39, 0.29) is 22.8 Å². The highest BCUT2D eigenvalue weighted by atomic mass is 32.2. The quantitative estimate of drug-likeness (QED) is 0.756. The average molecular weight is 416 g/mol. The lowest BCUT2D eigenvalue weighted by Crippen LogP contribution is -2.46. The molecular weight excluding hydrogens is 390 g/mol. The van der Waals surface area contributed by atoms with Crippen LogP contribution in [0.15, 0.2) is 59.5 Å². The second-order valence-electron chi connectivity index (χ2n) is 7.11. The van der Waals surface area contributed by atoms with E-state index in [0.29, 0.717) is 38.0 Å². The van der Waals surface area contributed by atoms with Crippen molar-refractivity contribution in [3.05, 3.63) is 60.2 Å². The van der Waals surface area contributed by atoms with E-state index in [0.717, 1.165) is 5.56 Å². The third-order valence-electron chi connectivity index (χ3n) is 4.84. The second kappa shape index (κ2) is 9.19. The first-order valence-corrected chi connectivity index (χ1v) is 11.0. The van der Waals surface area contributed by atoms with Crippen LogP contribution in [0.25, 0.3) is 0 Å². The molecule has 8 heteroatoms. The van der Waals surface area contributed by atoms with E-state index in [9.17, 15) is 18.0 Å². The third kappa shape index (κ3) is 5.65. The van der Waals surface area contributed by atoms with E-state index in [4.69, 9.17) is 0 Å². The zero-order chi connectivity index (χ0) is 20.9. The maximum atomic E-state index is 12.8. The van der Waals surface area contributed by atoms with Crippen molar-refractivity contribution in [3.63, 3.8) is 0 Å². The molecule has 1 fully saturated rings. The molecule has 0 atom stereocenters. The molecule has 7 nitrogen and oxygen atoms in total. The maximum absolute atomic E-state index is 12.8. The van der Waals surface area contributed by atoms with Gasteiger partial charge in [-0.25, -0.2) is 8.42 Å². The molecule has 2 amide bonds. The number of hydrogen-bond donors (Lipinski definition) is 2. The van der Waals surface area contributed by atoms with Gasteiger partial charge in [0.25, 0.3) is 0 Å². The number of carbonyl (C=O) groups excluding carboxylic acids is 2. The number of nitrogens with zero attached hydrogens (tertiary/aromatic N) is 1.